The van der Waals surface area contributed by atoms with Gasteiger partial charge in [0.15, 0.2) is 17.5 Å². The lowest BCUT2D eigenvalue weighted by Gasteiger charge is -2.33. The van der Waals surface area contributed by atoms with Crippen LogP contribution >= 0.6 is 24.0 Å². The lowest BCUT2D eigenvalue weighted by molar-refractivity contribution is -0.149. The Kier molecular flexibility index (Phi) is 11.3. The Balaban J connectivity index is 0.00000385. The molecule has 1 saturated heterocycles. The largest absolute Gasteiger partial charge is 0.493 e. The van der Waals surface area contributed by atoms with Crippen molar-refractivity contribution in [3.8, 4) is 11.5 Å². The fourth-order valence-corrected chi connectivity index (χ4v) is 3.78. The molecule has 7 nitrogen and oxygen atoms in total. The third kappa shape index (κ3) is 7.80. The van der Waals surface area contributed by atoms with E-state index in [1.54, 1.807) is 14.2 Å². The van der Waals surface area contributed by atoms with Crippen molar-refractivity contribution >= 4 is 35.9 Å². The van der Waals surface area contributed by atoms with Gasteiger partial charge >= 0.3 is 5.97 Å². The maximum absolute atomic E-state index is 12.0. The number of nitrogens with zero attached hydrogens (tertiary/aromatic N) is 2. The third-order valence-corrected chi connectivity index (χ3v) is 5.54. The number of aliphatic imine (C=N–C) groups is 1. The van der Waals surface area contributed by atoms with Gasteiger partial charge in [-0.15, -0.1) is 24.0 Å². The number of ether oxygens (including phenoxy) is 3. The van der Waals surface area contributed by atoms with E-state index in [2.05, 4.69) is 15.2 Å². The number of hydrogen-bond donors (Lipinski definition) is 1. The summed E-state index contributed by atoms with van der Waals surface area (Å²) in [6, 6.07) is 16.0. The van der Waals surface area contributed by atoms with E-state index in [1.165, 1.54) is 0 Å². The molecule has 0 spiro atoms. The van der Waals surface area contributed by atoms with Gasteiger partial charge in [-0.2, -0.15) is 0 Å². The Morgan fingerprint density at radius 3 is 2.45 bits per heavy atom. The molecule has 33 heavy (non-hydrogen) atoms. The standard InChI is InChI=1S/C25H33N3O4.HI/c1-4-31-24(29)21-12-14-28(15-13-21)25(26-2)27-17-20-10-11-22(23(16-20)30-3)32-18-19-8-6-5-7-9-19;/h5-11,16,21H,4,12-15,17-18H2,1-3H3,(H,26,27);1H. The fraction of sp³-hybridized carbons (Fsp3) is 0.440. The second-order valence-corrected chi connectivity index (χ2v) is 7.67. The summed E-state index contributed by atoms with van der Waals surface area (Å²) in [6.45, 7) is 4.93. The summed E-state index contributed by atoms with van der Waals surface area (Å²) < 4.78 is 16.6. The minimum absolute atomic E-state index is 0. The van der Waals surface area contributed by atoms with Gasteiger partial charge in [0.1, 0.15) is 6.61 Å². The van der Waals surface area contributed by atoms with Crippen LogP contribution in [0.4, 0.5) is 0 Å². The molecule has 1 N–H and O–H groups in total. The molecule has 2 aromatic rings. The number of guanidine groups is 1. The Hall–Kier alpha value is -2.49. The first-order valence-electron chi connectivity index (χ1n) is 11.1. The lowest BCUT2D eigenvalue weighted by Crippen LogP contribution is -2.46. The molecular weight excluding hydrogens is 533 g/mol. The number of carbonyl (C=O) groups is 1. The highest BCUT2D eigenvalue weighted by Crippen LogP contribution is 2.29. The van der Waals surface area contributed by atoms with Gasteiger partial charge in [0.25, 0.3) is 0 Å². The topological polar surface area (TPSA) is 72.4 Å². The maximum Gasteiger partial charge on any atom is 0.309 e. The number of nitrogens with one attached hydrogen (secondary N) is 1. The van der Waals surface area contributed by atoms with E-state index in [0.717, 1.165) is 43.0 Å². The Bertz CT molecular complexity index is 900. The van der Waals surface area contributed by atoms with Crippen LogP contribution in [0.2, 0.25) is 0 Å². The van der Waals surface area contributed by atoms with E-state index in [-0.39, 0.29) is 35.9 Å². The van der Waals surface area contributed by atoms with Crippen LogP contribution in [0, 0.1) is 5.92 Å². The van der Waals surface area contributed by atoms with Crippen LogP contribution in [0.25, 0.3) is 0 Å². The third-order valence-electron chi connectivity index (χ3n) is 5.54. The molecule has 0 aliphatic carbocycles. The molecule has 0 saturated carbocycles. The van der Waals surface area contributed by atoms with Gasteiger partial charge < -0.3 is 24.4 Å². The smallest absolute Gasteiger partial charge is 0.309 e. The zero-order valence-corrected chi connectivity index (χ0v) is 21.9. The highest BCUT2D eigenvalue weighted by Gasteiger charge is 2.27. The first-order valence-corrected chi connectivity index (χ1v) is 11.1. The van der Waals surface area contributed by atoms with Crippen molar-refractivity contribution in [3.63, 3.8) is 0 Å². The summed E-state index contributed by atoms with van der Waals surface area (Å²) in [4.78, 5) is 18.6. The summed E-state index contributed by atoms with van der Waals surface area (Å²) in [5.74, 6) is 2.14. The van der Waals surface area contributed by atoms with Gasteiger partial charge in [-0.1, -0.05) is 36.4 Å². The van der Waals surface area contributed by atoms with Gasteiger partial charge in [-0.3, -0.25) is 9.79 Å². The summed E-state index contributed by atoms with van der Waals surface area (Å²) in [6.07, 6.45) is 1.56. The van der Waals surface area contributed by atoms with Crippen molar-refractivity contribution in [1.82, 2.24) is 10.2 Å². The summed E-state index contributed by atoms with van der Waals surface area (Å²) >= 11 is 0. The summed E-state index contributed by atoms with van der Waals surface area (Å²) in [5.41, 5.74) is 2.17. The molecule has 0 atom stereocenters. The molecule has 1 aliphatic heterocycles. The van der Waals surface area contributed by atoms with Crippen molar-refractivity contribution in [2.45, 2.75) is 32.9 Å². The van der Waals surface area contributed by atoms with Crippen LogP contribution in [0.15, 0.2) is 53.5 Å². The van der Waals surface area contributed by atoms with Crippen LogP contribution in [0.5, 0.6) is 11.5 Å². The fourth-order valence-electron chi connectivity index (χ4n) is 3.78. The van der Waals surface area contributed by atoms with E-state index in [9.17, 15) is 4.79 Å². The molecule has 0 radical (unpaired) electrons. The van der Waals surface area contributed by atoms with E-state index in [1.807, 2.05) is 55.5 Å². The van der Waals surface area contributed by atoms with E-state index < -0.39 is 0 Å². The number of piperidine rings is 1. The van der Waals surface area contributed by atoms with Crippen molar-refractivity contribution in [2.75, 3.05) is 33.9 Å². The van der Waals surface area contributed by atoms with Gasteiger partial charge in [-0.05, 0) is 43.0 Å². The summed E-state index contributed by atoms with van der Waals surface area (Å²) in [5, 5.41) is 3.42. The molecule has 1 aliphatic rings. The molecule has 3 rings (SSSR count). The molecule has 1 fully saturated rings. The first kappa shape index (κ1) is 26.8. The Morgan fingerprint density at radius 2 is 1.82 bits per heavy atom. The predicted molar refractivity (Wildman–Crippen MR) is 140 cm³/mol. The number of esters is 1. The van der Waals surface area contributed by atoms with Crippen LogP contribution in [-0.2, 0) is 22.7 Å². The molecule has 0 bridgehead atoms. The number of likely N-dealkylation sites (tertiary alicyclic amines) is 1. The Labute approximate surface area is 213 Å². The number of carbonyl (C=O) groups excluding carboxylic acids is 1. The molecule has 1 heterocycles. The number of methoxy groups -OCH3 is 1. The molecule has 0 aromatic heterocycles. The number of benzene rings is 2. The van der Waals surface area contributed by atoms with Crippen molar-refractivity contribution in [2.24, 2.45) is 10.9 Å². The van der Waals surface area contributed by atoms with Crippen LogP contribution in [0.3, 0.4) is 0 Å². The van der Waals surface area contributed by atoms with Gasteiger partial charge in [0.2, 0.25) is 0 Å². The average Bonchev–Trinajstić information content (AvgIpc) is 2.84. The van der Waals surface area contributed by atoms with E-state index in [4.69, 9.17) is 14.2 Å². The number of rotatable bonds is 8. The molecule has 8 heteroatoms. The van der Waals surface area contributed by atoms with Crippen molar-refractivity contribution in [3.05, 3.63) is 59.7 Å². The van der Waals surface area contributed by atoms with E-state index in [0.29, 0.717) is 31.3 Å². The van der Waals surface area contributed by atoms with Crippen molar-refractivity contribution in [1.29, 1.82) is 0 Å². The molecule has 0 amide bonds. The minimum atomic E-state index is -0.0863. The first-order chi connectivity index (χ1) is 15.6. The summed E-state index contributed by atoms with van der Waals surface area (Å²) in [7, 11) is 3.43. The van der Waals surface area contributed by atoms with Crippen LogP contribution in [0.1, 0.15) is 30.9 Å². The second kappa shape index (κ2) is 13.9. The molecule has 2 aromatic carbocycles. The second-order valence-electron chi connectivity index (χ2n) is 7.67. The number of halogens is 1. The molecule has 0 unspecified atom stereocenters. The van der Waals surface area contributed by atoms with E-state index >= 15 is 0 Å². The quantitative estimate of drug-likeness (QED) is 0.223. The normalized spacial score (nSPS) is 14.3. The molecule has 180 valence electrons. The monoisotopic (exact) mass is 567 g/mol. The average molecular weight is 567 g/mol. The van der Waals surface area contributed by atoms with Crippen molar-refractivity contribution < 1.29 is 19.0 Å². The zero-order valence-electron chi connectivity index (χ0n) is 19.6. The number of hydrogen-bond acceptors (Lipinski definition) is 5. The Morgan fingerprint density at radius 1 is 1.09 bits per heavy atom. The molecular formula is C25H34IN3O4. The highest BCUT2D eigenvalue weighted by molar-refractivity contribution is 14.0. The maximum atomic E-state index is 12.0. The predicted octanol–water partition coefficient (Wildman–Crippen LogP) is 4.24. The lowest BCUT2D eigenvalue weighted by atomic mass is 9.97. The minimum Gasteiger partial charge on any atom is -0.493 e. The van der Waals surface area contributed by atoms with Gasteiger partial charge in [-0.25, -0.2) is 0 Å². The van der Waals surface area contributed by atoms with Crippen LogP contribution in [-0.4, -0.2) is 50.7 Å². The van der Waals surface area contributed by atoms with Gasteiger partial charge in [0, 0.05) is 26.7 Å². The highest BCUT2D eigenvalue weighted by atomic mass is 127. The van der Waals surface area contributed by atoms with Gasteiger partial charge in [0.05, 0.1) is 19.6 Å². The SMILES string of the molecule is CCOC(=O)C1CCN(C(=NC)NCc2ccc(OCc3ccccc3)c(OC)c2)CC1.I. The zero-order chi connectivity index (χ0) is 22.8. The van der Waals surface area contributed by atoms with Crippen LogP contribution < -0.4 is 14.8 Å².